The summed E-state index contributed by atoms with van der Waals surface area (Å²) < 4.78 is 5.34. The second-order valence-corrected chi connectivity index (χ2v) is 10.4. The Kier molecular flexibility index (Phi) is 6.85. The smallest absolute Gasteiger partial charge is 0.338 e. The van der Waals surface area contributed by atoms with Crippen LogP contribution in [0.2, 0.25) is 0 Å². The Balaban J connectivity index is 1.85. The number of amides is 1. The Bertz CT molecular complexity index is 1310. The zero-order valence-corrected chi connectivity index (χ0v) is 21.5. The number of aromatic hydroxyl groups is 1. The standard InChI is InChI=1S/C26H31N3O9/c1-28(2)7-8-38-25(36)12-5-6-15(30)17-13(12)9-11-10-14-19(29(3)4)21(32)18(24(27)35)23(34)26(14,37)22(33)16(11)20(17)31/h5-6,11,14,19,30,32-33,37H,7-10H2,1-4H3,(H2,27,35)/t11-,14-,19-,26-/m0/s1. The molecule has 0 aromatic heterocycles. The fourth-order valence-electron chi connectivity index (χ4n) is 5.84. The van der Waals surface area contributed by atoms with Crippen LogP contribution in [0.5, 0.6) is 5.75 Å². The Hall–Kier alpha value is -3.74. The third kappa shape index (κ3) is 3.96. The van der Waals surface area contributed by atoms with E-state index in [2.05, 4.69) is 0 Å². The molecule has 1 aromatic carbocycles. The third-order valence-electron chi connectivity index (χ3n) is 7.60. The van der Waals surface area contributed by atoms with Crippen LogP contribution in [0.25, 0.3) is 0 Å². The van der Waals surface area contributed by atoms with Crippen molar-refractivity contribution in [3.05, 3.63) is 51.5 Å². The molecule has 0 bridgehead atoms. The molecule has 0 fully saturated rings. The van der Waals surface area contributed by atoms with Crippen molar-refractivity contribution in [3.8, 4) is 5.75 Å². The summed E-state index contributed by atoms with van der Waals surface area (Å²) in [5, 5.41) is 44.2. The topological polar surface area (TPSA) is 191 Å². The van der Waals surface area contributed by atoms with Gasteiger partial charge in [-0.1, -0.05) is 0 Å². The molecule has 4 rings (SSSR count). The molecule has 0 spiro atoms. The Morgan fingerprint density at radius 3 is 2.37 bits per heavy atom. The van der Waals surface area contributed by atoms with Crippen LogP contribution in [0.1, 0.15) is 32.7 Å². The summed E-state index contributed by atoms with van der Waals surface area (Å²) in [5.74, 6) is -8.15. The number of carbonyl (C=O) groups is 4. The van der Waals surface area contributed by atoms with Gasteiger partial charge >= 0.3 is 5.97 Å². The first-order chi connectivity index (χ1) is 17.7. The fraction of sp³-hybridized carbons (Fsp3) is 0.462. The fourth-order valence-corrected chi connectivity index (χ4v) is 5.84. The largest absolute Gasteiger partial charge is 0.510 e. The molecule has 0 saturated carbocycles. The average Bonchev–Trinajstić information content (AvgIpc) is 2.80. The van der Waals surface area contributed by atoms with Gasteiger partial charge in [0.05, 0.1) is 17.2 Å². The van der Waals surface area contributed by atoms with Crippen LogP contribution in [0.3, 0.4) is 0 Å². The number of fused-ring (bicyclic) bond motifs is 3. The van der Waals surface area contributed by atoms with E-state index in [1.165, 1.54) is 11.0 Å². The van der Waals surface area contributed by atoms with Gasteiger partial charge in [0.15, 0.2) is 11.4 Å². The number of aliphatic hydroxyl groups is 3. The van der Waals surface area contributed by atoms with Crippen molar-refractivity contribution in [2.24, 2.45) is 17.6 Å². The summed E-state index contributed by atoms with van der Waals surface area (Å²) in [7, 11) is 6.73. The van der Waals surface area contributed by atoms with Gasteiger partial charge < -0.3 is 35.8 Å². The molecule has 0 aliphatic heterocycles. The van der Waals surface area contributed by atoms with Crippen LogP contribution < -0.4 is 5.73 Å². The van der Waals surface area contributed by atoms with Gasteiger partial charge in [-0.3, -0.25) is 19.3 Å². The first kappa shape index (κ1) is 27.3. The highest BCUT2D eigenvalue weighted by Crippen LogP contribution is 2.52. The summed E-state index contributed by atoms with van der Waals surface area (Å²) >= 11 is 0. The van der Waals surface area contributed by atoms with Crippen LogP contribution in [-0.2, 0) is 20.7 Å². The average molecular weight is 530 g/mol. The Morgan fingerprint density at radius 1 is 1.13 bits per heavy atom. The lowest BCUT2D eigenvalue weighted by molar-refractivity contribution is -0.148. The number of ether oxygens (including phenoxy) is 1. The molecule has 4 atom stereocenters. The van der Waals surface area contributed by atoms with E-state index in [1.54, 1.807) is 14.1 Å². The molecule has 3 aliphatic rings. The second kappa shape index (κ2) is 9.53. The number of phenols is 1. The first-order valence-corrected chi connectivity index (χ1v) is 12.0. The molecule has 38 heavy (non-hydrogen) atoms. The van der Waals surface area contributed by atoms with E-state index in [0.29, 0.717) is 6.54 Å². The highest BCUT2D eigenvalue weighted by atomic mass is 16.5. The molecule has 204 valence electrons. The summed E-state index contributed by atoms with van der Waals surface area (Å²) in [6.45, 7) is 0.569. The number of rotatable bonds is 6. The normalized spacial score (nSPS) is 26.9. The lowest BCUT2D eigenvalue weighted by Crippen LogP contribution is -2.63. The molecule has 3 aliphatic carbocycles. The van der Waals surface area contributed by atoms with Gasteiger partial charge in [0.2, 0.25) is 5.78 Å². The van der Waals surface area contributed by atoms with Crippen molar-refractivity contribution < 1.29 is 44.3 Å². The van der Waals surface area contributed by atoms with E-state index in [-0.39, 0.29) is 41.7 Å². The summed E-state index contributed by atoms with van der Waals surface area (Å²) in [5.41, 5.74) is 1.49. The molecule has 1 aromatic rings. The van der Waals surface area contributed by atoms with E-state index in [4.69, 9.17) is 10.5 Å². The van der Waals surface area contributed by atoms with E-state index in [0.717, 1.165) is 6.07 Å². The van der Waals surface area contributed by atoms with Crippen LogP contribution >= 0.6 is 0 Å². The molecule has 0 unspecified atom stereocenters. The van der Waals surface area contributed by atoms with Gasteiger partial charge in [-0.15, -0.1) is 0 Å². The highest BCUT2D eigenvalue weighted by molar-refractivity contribution is 6.25. The minimum Gasteiger partial charge on any atom is -0.510 e. The third-order valence-corrected chi connectivity index (χ3v) is 7.60. The van der Waals surface area contributed by atoms with Gasteiger partial charge in [0.25, 0.3) is 5.91 Å². The maximum atomic E-state index is 13.7. The van der Waals surface area contributed by atoms with Crippen molar-refractivity contribution >= 4 is 23.4 Å². The van der Waals surface area contributed by atoms with Gasteiger partial charge in [-0.2, -0.15) is 0 Å². The summed E-state index contributed by atoms with van der Waals surface area (Å²) in [6.07, 6.45) is -0.0718. The van der Waals surface area contributed by atoms with Crippen molar-refractivity contribution in [2.45, 2.75) is 24.5 Å². The second-order valence-electron chi connectivity index (χ2n) is 10.4. The number of Topliss-reactive ketones (excluding diaryl/α,β-unsaturated/α-hetero) is 2. The zero-order valence-electron chi connectivity index (χ0n) is 21.5. The zero-order chi connectivity index (χ0) is 28.3. The molecule has 0 radical (unpaired) electrons. The predicted octanol–water partition coefficient (Wildman–Crippen LogP) is -0.161. The number of nitrogens with two attached hydrogens (primary N) is 1. The number of likely N-dealkylation sites (N-methyl/N-ethyl adjacent to an activating group) is 2. The van der Waals surface area contributed by atoms with E-state index in [9.17, 15) is 39.6 Å². The van der Waals surface area contributed by atoms with Gasteiger partial charge in [-0.25, -0.2) is 4.79 Å². The number of esters is 1. The predicted molar refractivity (Wildman–Crippen MR) is 133 cm³/mol. The van der Waals surface area contributed by atoms with Crippen molar-refractivity contribution in [3.63, 3.8) is 0 Å². The molecular weight excluding hydrogens is 498 g/mol. The number of aliphatic hydroxyl groups excluding tert-OH is 2. The lowest BCUT2D eigenvalue weighted by Gasteiger charge is -2.50. The van der Waals surface area contributed by atoms with Crippen LogP contribution in [0.15, 0.2) is 34.8 Å². The van der Waals surface area contributed by atoms with Gasteiger partial charge in [0.1, 0.15) is 29.4 Å². The van der Waals surface area contributed by atoms with Gasteiger partial charge in [0, 0.05) is 18.0 Å². The van der Waals surface area contributed by atoms with E-state index >= 15 is 0 Å². The SMILES string of the molecule is CN(C)CCOC(=O)c1ccc(O)c2c1C[C@H]1C[C@H]3[C@H](N(C)C)C(O)=C(C(N)=O)C(=O)[C@@]3(O)C(O)=C1C2=O. The lowest BCUT2D eigenvalue weighted by atomic mass is 9.58. The van der Waals surface area contributed by atoms with Crippen LogP contribution in [-0.4, -0.2) is 107 Å². The number of nitrogens with zero attached hydrogens (tertiary/aromatic N) is 2. The van der Waals surface area contributed by atoms with Crippen molar-refractivity contribution in [1.82, 2.24) is 9.80 Å². The number of allylic oxidation sites excluding steroid dienone is 1. The summed E-state index contributed by atoms with van der Waals surface area (Å²) in [4.78, 5) is 55.2. The molecule has 0 saturated heterocycles. The number of benzene rings is 1. The van der Waals surface area contributed by atoms with E-state index < -0.39 is 69.8 Å². The van der Waals surface area contributed by atoms with E-state index in [1.807, 2.05) is 19.0 Å². The number of ketones is 2. The van der Waals surface area contributed by atoms with Crippen LogP contribution in [0.4, 0.5) is 0 Å². The Labute approximate surface area is 218 Å². The number of carbonyl (C=O) groups excluding carboxylic acids is 4. The summed E-state index contributed by atoms with van der Waals surface area (Å²) in [6, 6.07) is 1.42. The maximum absolute atomic E-state index is 13.7. The van der Waals surface area contributed by atoms with Crippen molar-refractivity contribution in [2.75, 3.05) is 41.3 Å². The monoisotopic (exact) mass is 529 g/mol. The molecule has 0 heterocycles. The number of primary amides is 1. The minimum absolute atomic E-state index is 0.00104. The quantitative estimate of drug-likeness (QED) is 0.243. The first-order valence-electron chi connectivity index (χ1n) is 12.0. The van der Waals surface area contributed by atoms with Crippen molar-refractivity contribution in [1.29, 1.82) is 0 Å². The molecular formula is C26H31N3O9. The molecule has 12 nitrogen and oxygen atoms in total. The maximum Gasteiger partial charge on any atom is 0.338 e. The number of phenolic OH excluding ortho intramolecular Hbond substituents is 1. The van der Waals surface area contributed by atoms with Crippen LogP contribution in [0, 0.1) is 11.8 Å². The Morgan fingerprint density at radius 2 is 1.79 bits per heavy atom. The number of hydrogen-bond donors (Lipinski definition) is 5. The number of hydrogen-bond acceptors (Lipinski definition) is 11. The highest BCUT2D eigenvalue weighted by Gasteiger charge is 2.63. The molecule has 1 amide bonds. The minimum atomic E-state index is -2.72. The molecule has 6 N–H and O–H groups in total. The van der Waals surface area contributed by atoms with Gasteiger partial charge in [-0.05, 0) is 64.6 Å². The molecule has 12 heteroatoms.